The molecule has 0 spiro atoms. The molecule has 1 aliphatic heterocycles. The van der Waals surface area contributed by atoms with Crippen molar-refractivity contribution in [3.63, 3.8) is 0 Å². The zero-order valence-corrected chi connectivity index (χ0v) is 7.62. The number of nitrogens with zero attached hydrogens (tertiary/aromatic N) is 1. The Bertz CT molecular complexity index is 60.7. The monoisotopic (exact) mass is 231 g/mol. The number of rotatable bonds is 0. The van der Waals surface area contributed by atoms with Gasteiger partial charge in [0.2, 0.25) is 0 Å². The third-order valence-corrected chi connectivity index (χ3v) is 8.54. The van der Waals surface area contributed by atoms with Gasteiger partial charge in [0.25, 0.3) is 0 Å². The summed E-state index contributed by atoms with van der Waals surface area (Å²) in [7, 11) is 4.39. The van der Waals surface area contributed by atoms with E-state index in [2.05, 4.69) is 25.8 Å². The molecule has 1 heterocycles. The van der Waals surface area contributed by atoms with E-state index in [9.17, 15) is 0 Å². The molecule has 0 bridgehead atoms. The van der Waals surface area contributed by atoms with E-state index in [1.807, 2.05) is 0 Å². The summed E-state index contributed by atoms with van der Waals surface area (Å²) in [5.41, 5.74) is 0. The van der Waals surface area contributed by atoms with Gasteiger partial charge in [-0.1, -0.05) is 0 Å². The first kappa shape index (κ1) is 6.16. The molecular weight excluding hydrogens is 221 g/mol. The van der Waals surface area contributed by atoms with Gasteiger partial charge in [-0.05, 0) is 0 Å². The van der Waals surface area contributed by atoms with Crippen LogP contribution in [0.4, 0.5) is 0 Å². The molecule has 0 aromatic heterocycles. The predicted molar refractivity (Wildman–Crippen MR) is 45.0 cm³/mol. The van der Waals surface area contributed by atoms with Crippen LogP contribution in [-0.4, -0.2) is 27.3 Å². The van der Waals surface area contributed by atoms with Crippen LogP contribution in [-0.2, 0) is 0 Å². The van der Waals surface area contributed by atoms with E-state index >= 15 is 0 Å². The van der Waals surface area contributed by atoms with Crippen molar-refractivity contribution in [3.8, 4) is 0 Å². The molecule has 0 unspecified atom stereocenters. The molecule has 0 aliphatic carbocycles. The molecule has 3 heteroatoms. The second-order valence-corrected chi connectivity index (χ2v) is 11.3. The van der Waals surface area contributed by atoms with Crippen molar-refractivity contribution >= 4 is 27.4 Å². The summed E-state index contributed by atoms with van der Waals surface area (Å²) >= 11 is -0.409. The predicted octanol–water partition coefficient (Wildman–Crippen LogP) is 1.63. The van der Waals surface area contributed by atoms with Crippen molar-refractivity contribution in [3.05, 3.63) is 0 Å². The summed E-state index contributed by atoms with van der Waals surface area (Å²) in [5, 5.41) is 0. The summed E-state index contributed by atoms with van der Waals surface area (Å²) in [4.78, 5) is 4.84. The van der Waals surface area contributed by atoms with Crippen LogP contribution in [0.2, 0.25) is 0 Å². The molecule has 7 heavy (non-hydrogen) atoms. The molecule has 0 atom stereocenters. The average Bonchev–Trinajstić information content (AvgIpc) is 1.87. The van der Waals surface area contributed by atoms with Crippen LogP contribution < -0.4 is 0 Å². The molecule has 44 valence electrons. The second-order valence-electron chi connectivity index (χ2n) is 1.74. The van der Waals surface area contributed by atoms with Crippen molar-refractivity contribution in [1.82, 2.24) is 4.90 Å². The zero-order chi connectivity index (χ0) is 5.28. The molecule has 0 amide bonds. The van der Waals surface area contributed by atoms with E-state index in [4.69, 9.17) is 0 Å². The SMILES string of the molecule is CN1CSI(C)C1. The Labute approximate surface area is 54.7 Å². The molecule has 0 saturated carbocycles. The van der Waals surface area contributed by atoms with Gasteiger partial charge in [-0.3, -0.25) is 0 Å². The summed E-state index contributed by atoms with van der Waals surface area (Å²) in [6.07, 6.45) is 0. The fourth-order valence-corrected chi connectivity index (χ4v) is 7.79. The van der Waals surface area contributed by atoms with Gasteiger partial charge in [0.05, 0.1) is 0 Å². The van der Waals surface area contributed by atoms with Crippen LogP contribution >= 0.6 is 27.4 Å². The number of hydrogen-bond acceptors (Lipinski definition) is 2. The van der Waals surface area contributed by atoms with E-state index in [1.54, 1.807) is 0 Å². The number of hydrogen-bond donors (Lipinski definition) is 0. The van der Waals surface area contributed by atoms with Crippen LogP contribution in [0.5, 0.6) is 0 Å². The molecule has 1 saturated heterocycles. The van der Waals surface area contributed by atoms with Crippen molar-refractivity contribution in [2.24, 2.45) is 0 Å². The minimum atomic E-state index is -0.409. The third-order valence-electron chi connectivity index (χ3n) is 0.828. The molecule has 0 aromatic carbocycles. The molecule has 1 aliphatic rings. The quantitative estimate of drug-likeness (QED) is 0.354. The normalized spacial score (nSPS) is 29.1. The van der Waals surface area contributed by atoms with Gasteiger partial charge in [-0.15, -0.1) is 0 Å². The summed E-state index contributed by atoms with van der Waals surface area (Å²) < 4.78 is 1.43. The number of alkyl halides is 2. The molecule has 0 aromatic rings. The van der Waals surface area contributed by atoms with E-state index in [1.165, 1.54) is 10.4 Å². The first-order valence-electron chi connectivity index (χ1n) is 2.17. The Morgan fingerprint density at radius 3 is 2.57 bits per heavy atom. The number of halogens is 1. The topological polar surface area (TPSA) is 3.24 Å². The van der Waals surface area contributed by atoms with Crippen molar-refractivity contribution < 1.29 is 0 Å². The first-order valence-corrected chi connectivity index (χ1v) is 9.38. The Balaban J connectivity index is 2.26. The molecular formula is C4H10INS. The Kier molecular flexibility index (Phi) is 2.24. The molecule has 1 rings (SSSR count). The van der Waals surface area contributed by atoms with E-state index in [0.717, 1.165) is 0 Å². The van der Waals surface area contributed by atoms with Gasteiger partial charge in [-0.2, -0.15) is 0 Å². The minimum absolute atomic E-state index is 0.409. The molecule has 1 nitrogen and oxygen atoms in total. The van der Waals surface area contributed by atoms with E-state index < -0.39 is 18.4 Å². The van der Waals surface area contributed by atoms with Crippen LogP contribution in [0, 0.1) is 0 Å². The summed E-state index contributed by atoms with van der Waals surface area (Å²) in [5.74, 6) is 1.29. The van der Waals surface area contributed by atoms with Crippen molar-refractivity contribution in [2.75, 3.05) is 22.4 Å². The zero-order valence-electron chi connectivity index (χ0n) is 4.65. The second kappa shape index (κ2) is 2.55. The summed E-state index contributed by atoms with van der Waals surface area (Å²) in [6.45, 7) is 0. The fraction of sp³-hybridized carbons (Fsp3) is 1.00. The Morgan fingerprint density at radius 2 is 2.43 bits per heavy atom. The van der Waals surface area contributed by atoms with Crippen LogP contribution in [0.3, 0.4) is 0 Å². The molecule has 1 fully saturated rings. The Hall–Kier alpha value is 1.04. The van der Waals surface area contributed by atoms with Gasteiger partial charge >= 0.3 is 54.7 Å². The maximum absolute atomic E-state index is 2.43. The van der Waals surface area contributed by atoms with Crippen LogP contribution in [0.1, 0.15) is 0 Å². The van der Waals surface area contributed by atoms with Crippen LogP contribution in [0.25, 0.3) is 0 Å². The van der Waals surface area contributed by atoms with Gasteiger partial charge in [-0.25, -0.2) is 0 Å². The first-order chi connectivity index (χ1) is 3.29. The van der Waals surface area contributed by atoms with Crippen LogP contribution in [0.15, 0.2) is 0 Å². The van der Waals surface area contributed by atoms with Gasteiger partial charge in [0, 0.05) is 0 Å². The van der Waals surface area contributed by atoms with Gasteiger partial charge < -0.3 is 0 Å². The van der Waals surface area contributed by atoms with E-state index in [0.29, 0.717) is 0 Å². The van der Waals surface area contributed by atoms with Crippen molar-refractivity contribution in [1.29, 1.82) is 0 Å². The standard InChI is InChI=1S/C4H10INS/c1-5-3-6(2)4-7-5/h3-4H2,1-2H3. The van der Waals surface area contributed by atoms with Gasteiger partial charge in [0.1, 0.15) is 0 Å². The summed E-state index contributed by atoms with van der Waals surface area (Å²) in [6, 6.07) is 0. The fourth-order valence-electron chi connectivity index (χ4n) is 0.523. The van der Waals surface area contributed by atoms with E-state index in [-0.39, 0.29) is 0 Å². The van der Waals surface area contributed by atoms with Crippen molar-refractivity contribution in [2.45, 2.75) is 0 Å². The van der Waals surface area contributed by atoms with Gasteiger partial charge in [0.15, 0.2) is 0 Å². The average molecular weight is 231 g/mol. The molecule has 0 radical (unpaired) electrons. The maximum atomic E-state index is 2.43. The Morgan fingerprint density at radius 1 is 1.71 bits per heavy atom. The molecule has 0 N–H and O–H groups in total. The third kappa shape index (κ3) is 1.77.